The first kappa shape index (κ1) is 10.9. The van der Waals surface area contributed by atoms with Crippen molar-refractivity contribution in [2.45, 2.75) is 25.9 Å². The molecule has 0 spiro atoms. The molecule has 1 aromatic heterocycles. The van der Waals surface area contributed by atoms with E-state index in [2.05, 4.69) is 4.98 Å². The second-order valence-corrected chi connectivity index (χ2v) is 4.32. The molecule has 2 rings (SSSR count). The lowest BCUT2D eigenvalue weighted by Crippen LogP contribution is -2.24. The Morgan fingerprint density at radius 2 is 2.12 bits per heavy atom. The lowest BCUT2D eigenvalue weighted by Gasteiger charge is -2.14. The van der Waals surface area contributed by atoms with Crippen LogP contribution in [0.15, 0.2) is 12.1 Å². The van der Waals surface area contributed by atoms with Crippen molar-refractivity contribution in [3.05, 3.63) is 23.5 Å². The third-order valence-electron chi connectivity index (χ3n) is 2.42. The molecule has 1 aliphatic carbocycles. The normalized spacial score (nSPS) is 14.7. The molecular formula is C12H16N2O2. The molecule has 1 fully saturated rings. The molecule has 0 bridgehead atoms. The predicted molar refractivity (Wildman–Crippen MR) is 60.6 cm³/mol. The minimum absolute atomic E-state index is 0.112. The van der Waals surface area contributed by atoms with Gasteiger partial charge in [-0.3, -0.25) is 4.79 Å². The first-order valence-corrected chi connectivity index (χ1v) is 5.44. The molecule has 4 heteroatoms. The van der Waals surface area contributed by atoms with Gasteiger partial charge < -0.3 is 9.64 Å². The minimum atomic E-state index is -0.112. The molecule has 1 amide bonds. The maximum absolute atomic E-state index is 11.9. The van der Waals surface area contributed by atoms with Crippen LogP contribution in [0.25, 0.3) is 0 Å². The van der Waals surface area contributed by atoms with Crippen molar-refractivity contribution < 1.29 is 9.53 Å². The summed E-state index contributed by atoms with van der Waals surface area (Å²) in [5, 5.41) is 0. The first-order chi connectivity index (χ1) is 7.58. The van der Waals surface area contributed by atoms with E-state index in [4.69, 9.17) is 4.74 Å². The van der Waals surface area contributed by atoms with Gasteiger partial charge in [-0.1, -0.05) is 0 Å². The summed E-state index contributed by atoms with van der Waals surface area (Å²) in [4.78, 5) is 17.7. The molecule has 1 saturated carbocycles. The highest BCUT2D eigenvalue weighted by Gasteiger charge is 2.26. The van der Waals surface area contributed by atoms with Gasteiger partial charge in [0.25, 0.3) is 5.91 Å². The molecule has 1 aliphatic rings. The van der Waals surface area contributed by atoms with Crippen LogP contribution in [0.4, 0.5) is 0 Å². The molecule has 1 aromatic rings. The Balaban J connectivity index is 2.30. The summed E-state index contributed by atoms with van der Waals surface area (Å²) in [6.07, 6.45) is 2.42. The number of hydrogen-bond donors (Lipinski definition) is 0. The van der Waals surface area contributed by atoms with Crippen molar-refractivity contribution in [3.63, 3.8) is 0 Å². The monoisotopic (exact) mass is 220 g/mol. The lowest BCUT2D eigenvalue weighted by molar-refractivity contribution is 0.0816. The van der Waals surface area contributed by atoms with E-state index in [1.54, 1.807) is 14.1 Å². The summed E-state index contributed by atoms with van der Waals surface area (Å²) < 4.78 is 5.67. The highest BCUT2D eigenvalue weighted by Crippen LogP contribution is 2.28. The number of carbonyl (C=O) groups is 1. The molecule has 0 saturated heterocycles. The Bertz CT molecular complexity index is 411. The van der Waals surface area contributed by atoms with Gasteiger partial charge in [-0.15, -0.1) is 0 Å². The molecule has 0 N–H and O–H groups in total. The summed E-state index contributed by atoms with van der Waals surface area (Å²) in [6.45, 7) is 1.87. The Kier molecular flexibility index (Phi) is 2.81. The van der Waals surface area contributed by atoms with Crippen molar-refractivity contribution in [1.29, 1.82) is 0 Å². The molecule has 1 heterocycles. The number of nitrogens with zero attached hydrogens (tertiary/aromatic N) is 2. The van der Waals surface area contributed by atoms with Crippen LogP contribution < -0.4 is 4.74 Å². The van der Waals surface area contributed by atoms with Gasteiger partial charge >= 0.3 is 0 Å². The van der Waals surface area contributed by atoms with Gasteiger partial charge in [0, 0.05) is 19.8 Å². The van der Waals surface area contributed by atoms with Gasteiger partial charge in [0.05, 0.1) is 6.10 Å². The fourth-order valence-electron chi connectivity index (χ4n) is 1.37. The van der Waals surface area contributed by atoms with E-state index in [1.807, 2.05) is 19.1 Å². The summed E-state index contributed by atoms with van der Waals surface area (Å²) in [5.74, 6) is 0.492. The molecule has 86 valence electrons. The van der Waals surface area contributed by atoms with Crippen LogP contribution >= 0.6 is 0 Å². The van der Waals surface area contributed by atoms with Crippen LogP contribution in [0.2, 0.25) is 0 Å². The summed E-state index contributed by atoms with van der Waals surface area (Å²) in [7, 11) is 3.43. The van der Waals surface area contributed by atoms with Gasteiger partial charge in [0.15, 0.2) is 11.4 Å². The molecule has 0 atom stereocenters. The van der Waals surface area contributed by atoms with Crippen molar-refractivity contribution in [2.24, 2.45) is 0 Å². The number of carbonyl (C=O) groups excluding carboxylic acids is 1. The molecule has 0 radical (unpaired) electrons. The summed E-state index contributed by atoms with van der Waals surface area (Å²) in [5.41, 5.74) is 1.24. The second-order valence-electron chi connectivity index (χ2n) is 4.32. The van der Waals surface area contributed by atoms with Gasteiger partial charge in [0.1, 0.15) is 0 Å². The van der Waals surface area contributed by atoms with Gasteiger partial charge in [-0.25, -0.2) is 4.98 Å². The third kappa shape index (κ3) is 2.32. The number of rotatable bonds is 3. The third-order valence-corrected chi connectivity index (χ3v) is 2.42. The fraction of sp³-hybridized carbons (Fsp3) is 0.500. The average Bonchev–Trinajstić information content (AvgIpc) is 3.03. The van der Waals surface area contributed by atoms with E-state index < -0.39 is 0 Å². The lowest BCUT2D eigenvalue weighted by atomic mass is 10.2. The SMILES string of the molecule is Cc1ccc(OC2CC2)c(C(=O)N(C)C)n1. The Morgan fingerprint density at radius 1 is 1.44 bits per heavy atom. The number of hydrogen-bond acceptors (Lipinski definition) is 3. The molecule has 4 nitrogen and oxygen atoms in total. The highest BCUT2D eigenvalue weighted by atomic mass is 16.5. The largest absolute Gasteiger partial charge is 0.488 e. The first-order valence-electron chi connectivity index (χ1n) is 5.44. The molecule has 0 aliphatic heterocycles. The van der Waals surface area contributed by atoms with Crippen LogP contribution in [0.5, 0.6) is 5.75 Å². The van der Waals surface area contributed by atoms with Crippen LogP contribution in [0.3, 0.4) is 0 Å². The van der Waals surface area contributed by atoms with Crippen molar-refractivity contribution in [3.8, 4) is 5.75 Å². The van der Waals surface area contributed by atoms with Gasteiger partial charge in [-0.2, -0.15) is 0 Å². The molecular weight excluding hydrogens is 204 g/mol. The highest BCUT2D eigenvalue weighted by molar-refractivity contribution is 5.94. The predicted octanol–water partition coefficient (Wildman–Crippen LogP) is 1.63. The van der Waals surface area contributed by atoms with E-state index in [0.717, 1.165) is 18.5 Å². The zero-order chi connectivity index (χ0) is 11.7. The van der Waals surface area contributed by atoms with E-state index in [-0.39, 0.29) is 12.0 Å². The maximum atomic E-state index is 11.9. The van der Waals surface area contributed by atoms with E-state index in [0.29, 0.717) is 11.4 Å². The van der Waals surface area contributed by atoms with Crippen molar-refractivity contribution in [2.75, 3.05) is 14.1 Å². The topological polar surface area (TPSA) is 42.4 Å². The zero-order valence-corrected chi connectivity index (χ0v) is 9.86. The van der Waals surface area contributed by atoms with Gasteiger partial charge in [-0.05, 0) is 31.9 Å². The molecule has 0 unspecified atom stereocenters. The summed E-state index contributed by atoms with van der Waals surface area (Å²) in [6, 6.07) is 3.70. The standard InChI is InChI=1S/C12H16N2O2/c1-8-4-7-10(16-9-5-6-9)11(13-8)12(15)14(2)3/h4,7,9H,5-6H2,1-3H3. The van der Waals surface area contributed by atoms with Crippen molar-refractivity contribution >= 4 is 5.91 Å². The van der Waals surface area contributed by atoms with E-state index in [1.165, 1.54) is 4.90 Å². The number of ether oxygens (including phenoxy) is 1. The van der Waals surface area contributed by atoms with Crippen LogP contribution in [0, 0.1) is 6.92 Å². The quantitative estimate of drug-likeness (QED) is 0.777. The van der Waals surface area contributed by atoms with Crippen LogP contribution in [0.1, 0.15) is 29.0 Å². The molecule has 0 aromatic carbocycles. The van der Waals surface area contributed by atoms with E-state index in [9.17, 15) is 4.79 Å². The average molecular weight is 220 g/mol. The van der Waals surface area contributed by atoms with Crippen LogP contribution in [-0.4, -0.2) is 36.0 Å². The summed E-state index contributed by atoms with van der Waals surface area (Å²) >= 11 is 0. The zero-order valence-electron chi connectivity index (χ0n) is 9.86. The number of amides is 1. The Hall–Kier alpha value is -1.58. The fourth-order valence-corrected chi connectivity index (χ4v) is 1.37. The second kappa shape index (κ2) is 4.12. The Labute approximate surface area is 95.2 Å². The maximum Gasteiger partial charge on any atom is 0.275 e. The van der Waals surface area contributed by atoms with Crippen molar-refractivity contribution in [1.82, 2.24) is 9.88 Å². The number of aryl methyl sites for hydroxylation is 1. The minimum Gasteiger partial charge on any atom is -0.488 e. The van der Waals surface area contributed by atoms with Crippen LogP contribution in [-0.2, 0) is 0 Å². The van der Waals surface area contributed by atoms with Gasteiger partial charge in [0.2, 0.25) is 0 Å². The molecule has 16 heavy (non-hydrogen) atoms. The number of aromatic nitrogens is 1. The smallest absolute Gasteiger partial charge is 0.275 e. The van der Waals surface area contributed by atoms with E-state index >= 15 is 0 Å². The number of pyridine rings is 1. The Morgan fingerprint density at radius 3 is 2.69 bits per heavy atom.